The van der Waals surface area contributed by atoms with Gasteiger partial charge in [0.05, 0.1) is 24.3 Å². The minimum Gasteiger partial charge on any atom is -0.341 e. The lowest BCUT2D eigenvalue weighted by Crippen LogP contribution is -2.31. The molecule has 7 nitrogen and oxygen atoms in total. The van der Waals surface area contributed by atoms with Crippen molar-refractivity contribution in [2.75, 3.05) is 6.54 Å². The van der Waals surface area contributed by atoms with Crippen molar-refractivity contribution in [2.45, 2.75) is 13.5 Å². The van der Waals surface area contributed by atoms with E-state index in [4.69, 9.17) is 0 Å². The van der Waals surface area contributed by atoms with Gasteiger partial charge in [-0.25, -0.2) is 13.5 Å². The van der Waals surface area contributed by atoms with E-state index in [9.17, 15) is 18.4 Å². The van der Waals surface area contributed by atoms with Crippen molar-refractivity contribution in [3.63, 3.8) is 0 Å². The lowest BCUT2D eigenvalue weighted by Gasteiger charge is -2.08. The van der Waals surface area contributed by atoms with Crippen LogP contribution in [0.4, 0.5) is 8.78 Å². The van der Waals surface area contributed by atoms with Gasteiger partial charge < -0.3 is 5.32 Å². The van der Waals surface area contributed by atoms with Crippen LogP contribution in [0, 0.1) is 30.4 Å². The summed E-state index contributed by atoms with van der Waals surface area (Å²) < 4.78 is 29.7. The molecule has 0 radical (unpaired) electrons. The van der Waals surface area contributed by atoms with Gasteiger partial charge in [-0.1, -0.05) is 48.2 Å². The Morgan fingerprint density at radius 2 is 1.84 bits per heavy atom. The van der Waals surface area contributed by atoms with Crippen molar-refractivity contribution in [3.8, 4) is 23.1 Å². The molecular weight excluding hydrogens is 488 g/mol. The smallest absolute Gasteiger partial charge is 0.280 e. The zero-order valence-corrected chi connectivity index (χ0v) is 20.7. The molecule has 0 aliphatic heterocycles. The Labute approximate surface area is 216 Å². The summed E-state index contributed by atoms with van der Waals surface area (Å²) in [6.07, 6.45) is 0. The summed E-state index contributed by atoms with van der Waals surface area (Å²) in [7, 11) is 1.63. The summed E-state index contributed by atoms with van der Waals surface area (Å²) >= 11 is 0. The number of carbonyl (C=O) groups is 1. The first-order valence-electron chi connectivity index (χ1n) is 11.8. The summed E-state index contributed by atoms with van der Waals surface area (Å²) in [6.45, 7) is 1.67. The van der Waals surface area contributed by atoms with Gasteiger partial charge in [0.2, 0.25) is 0 Å². The maximum Gasteiger partial charge on any atom is 0.280 e. The topological polar surface area (TPSA) is 84.7 Å². The highest BCUT2D eigenvalue weighted by Gasteiger charge is 2.21. The van der Waals surface area contributed by atoms with Crippen LogP contribution in [0.5, 0.6) is 0 Å². The van der Waals surface area contributed by atoms with Crippen LogP contribution in [0.3, 0.4) is 0 Å². The molecule has 0 saturated carbocycles. The lowest BCUT2D eigenvalue weighted by molar-refractivity contribution is 0.0956. The van der Waals surface area contributed by atoms with Crippen LogP contribution in [-0.2, 0) is 13.6 Å². The molecule has 0 aliphatic rings. The SMILES string of the molecule is Cc1c(C(=O)NCC#Cc2ccc3c(-c4ccccc4)n[nH]c3c2)c(=O)n(Cc2ccc(F)c(F)c2)n1C. The summed E-state index contributed by atoms with van der Waals surface area (Å²) in [4.78, 5) is 25.8. The number of amides is 1. The molecule has 0 saturated heterocycles. The van der Waals surface area contributed by atoms with Gasteiger partial charge in [0.25, 0.3) is 11.5 Å². The largest absolute Gasteiger partial charge is 0.341 e. The van der Waals surface area contributed by atoms with Gasteiger partial charge in [-0.05, 0) is 42.8 Å². The number of fused-ring (bicyclic) bond motifs is 1. The Kier molecular flexibility index (Phi) is 6.62. The second-order valence-corrected chi connectivity index (χ2v) is 8.78. The monoisotopic (exact) mass is 511 g/mol. The Bertz CT molecular complexity index is 1790. The van der Waals surface area contributed by atoms with E-state index in [2.05, 4.69) is 27.4 Å². The fraction of sp³-hybridized carbons (Fsp3) is 0.138. The van der Waals surface area contributed by atoms with E-state index in [1.54, 1.807) is 14.0 Å². The number of H-pyrrole nitrogens is 1. The van der Waals surface area contributed by atoms with Crippen molar-refractivity contribution in [1.29, 1.82) is 0 Å². The Balaban J connectivity index is 1.28. The third-order valence-electron chi connectivity index (χ3n) is 6.38. The molecule has 2 N–H and O–H groups in total. The number of halogens is 2. The number of hydrogen-bond donors (Lipinski definition) is 2. The van der Waals surface area contributed by atoms with E-state index in [1.165, 1.54) is 15.4 Å². The minimum absolute atomic E-state index is 0.0114. The van der Waals surface area contributed by atoms with Crippen LogP contribution in [0.25, 0.3) is 22.2 Å². The number of aromatic amines is 1. The van der Waals surface area contributed by atoms with Crippen LogP contribution in [0.15, 0.2) is 71.5 Å². The number of hydrogen-bond acceptors (Lipinski definition) is 3. The van der Waals surface area contributed by atoms with Crippen molar-refractivity contribution < 1.29 is 13.6 Å². The second kappa shape index (κ2) is 10.2. The van der Waals surface area contributed by atoms with Gasteiger partial charge in [-0.15, -0.1) is 0 Å². The number of carbonyl (C=O) groups excluding carboxylic acids is 1. The Morgan fingerprint density at radius 1 is 1.05 bits per heavy atom. The van der Waals surface area contributed by atoms with Crippen molar-refractivity contribution in [2.24, 2.45) is 7.05 Å². The highest BCUT2D eigenvalue weighted by atomic mass is 19.2. The molecule has 0 bridgehead atoms. The molecule has 0 aliphatic carbocycles. The molecule has 3 aromatic carbocycles. The lowest BCUT2D eigenvalue weighted by atomic mass is 10.1. The van der Waals surface area contributed by atoms with Gasteiger partial charge in [-0.3, -0.25) is 19.4 Å². The average molecular weight is 512 g/mol. The zero-order chi connectivity index (χ0) is 26.8. The van der Waals surface area contributed by atoms with E-state index < -0.39 is 23.1 Å². The molecule has 2 aromatic heterocycles. The Morgan fingerprint density at radius 3 is 2.61 bits per heavy atom. The van der Waals surface area contributed by atoms with E-state index in [0.29, 0.717) is 11.3 Å². The molecule has 9 heteroatoms. The molecule has 1 amide bonds. The van der Waals surface area contributed by atoms with Crippen molar-refractivity contribution in [3.05, 3.63) is 111 Å². The van der Waals surface area contributed by atoms with Gasteiger partial charge in [0, 0.05) is 29.3 Å². The van der Waals surface area contributed by atoms with Gasteiger partial charge >= 0.3 is 0 Å². The maximum atomic E-state index is 13.6. The van der Waals surface area contributed by atoms with E-state index >= 15 is 0 Å². The van der Waals surface area contributed by atoms with Crippen LogP contribution in [0.2, 0.25) is 0 Å². The zero-order valence-electron chi connectivity index (χ0n) is 20.7. The normalized spacial score (nSPS) is 10.8. The quantitative estimate of drug-likeness (QED) is 0.348. The number of benzene rings is 3. The summed E-state index contributed by atoms with van der Waals surface area (Å²) in [5.74, 6) is 3.40. The summed E-state index contributed by atoms with van der Waals surface area (Å²) in [5, 5.41) is 11.1. The molecule has 38 heavy (non-hydrogen) atoms. The number of nitrogens with one attached hydrogen (secondary N) is 2. The summed E-state index contributed by atoms with van der Waals surface area (Å²) in [6, 6.07) is 19.0. The highest BCUT2D eigenvalue weighted by Crippen LogP contribution is 2.26. The maximum absolute atomic E-state index is 13.6. The molecule has 0 spiro atoms. The first kappa shape index (κ1) is 24.7. The Hall–Kier alpha value is -4.97. The van der Waals surface area contributed by atoms with Crippen LogP contribution in [-0.4, -0.2) is 32.0 Å². The molecule has 0 unspecified atom stereocenters. The first-order valence-corrected chi connectivity index (χ1v) is 11.8. The van der Waals surface area contributed by atoms with Crippen LogP contribution >= 0.6 is 0 Å². The average Bonchev–Trinajstić information content (AvgIpc) is 3.43. The van der Waals surface area contributed by atoms with E-state index in [1.807, 2.05) is 48.5 Å². The molecule has 5 aromatic rings. The van der Waals surface area contributed by atoms with Crippen LogP contribution in [0.1, 0.15) is 27.2 Å². The van der Waals surface area contributed by atoms with Gasteiger partial charge in [-0.2, -0.15) is 5.10 Å². The fourth-order valence-electron chi connectivity index (χ4n) is 4.29. The standard InChI is InChI=1S/C29H23F2N5O2/c1-18-26(29(38)36(35(18)2)17-20-11-13-23(30)24(31)15-20)28(37)32-14-6-7-19-10-12-22-25(16-19)33-34-27(22)21-8-4-3-5-9-21/h3-5,8-13,15-16H,14,17H2,1-2H3,(H,32,37)(H,33,34). The van der Waals surface area contributed by atoms with Gasteiger partial charge in [0.1, 0.15) is 5.56 Å². The fourth-order valence-corrected chi connectivity index (χ4v) is 4.29. The van der Waals surface area contributed by atoms with Gasteiger partial charge in [0.15, 0.2) is 11.6 Å². The number of aromatic nitrogens is 4. The second-order valence-electron chi connectivity index (χ2n) is 8.78. The van der Waals surface area contributed by atoms with E-state index in [0.717, 1.165) is 39.9 Å². The minimum atomic E-state index is -0.999. The third-order valence-corrected chi connectivity index (χ3v) is 6.38. The predicted molar refractivity (Wildman–Crippen MR) is 141 cm³/mol. The third kappa shape index (κ3) is 4.72. The number of rotatable bonds is 5. The molecule has 190 valence electrons. The molecule has 0 fully saturated rings. The number of nitrogens with zero attached hydrogens (tertiary/aromatic N) is 3. The molecule has 0 atom stereocenters. The first-order chi connectivity index (χ1) is 18.3. The van der Waals surface area contributed by atoms with Crippen LogP contribution < -0.4 is 10.9 Å². The molecule has 5 rings (SSSR count). The van der Waals surface area contributed by atoms with Crippen molar-refractivity contribution in [1.82, 2.24) is 24.9 Å². The molecule has 2 heterocycles. The summed E-state index contributed by atoms with van der Waals surface area (Å²) in [5.41, 5.74) is 3.77. The van der Waals surface area contributed by atoms with E-state index in [-0.39, 0.29) is 18.7 Å². The molecular formula is C29H23F2N5O2. The van der Waals surface area contributed by atoms with Crippen molar-refractivity contribution >= 4 is 16.8 Å². The highest BCUT2D eigenvalue weighted by molar-refractivity contribution is 5.95. The predicted octanol–water partition coefficient (Wildman–Crippen LogP) is 4.15.